The van der Waals surface area contributed by atoms with Gasteiger partial charge in [0.25, 0.3) is 0 Å². The fourth-order valence-corrected chi connectivity index (χ4v) is 2.91. The largest absolute Gasteiger partial charge is 0.477 e. The third-order valence-corrected chi connectivity index (χ3v) is 4.45. The SMILES string of the molecule is Cc1sc(C(=O)O)cc1CNC(C)c1ccc(C#N)cc1. The number of nitrogens with one attached hydrogen (secondary N) is 1. The normalized spacial score (nSPS) is 11.9. The highest BCUT2D eigenvalue weighted by Crippen LogP contribution is 2.22. The van der Waals surface area contributed by atoms with Gasteiger partial charge in [0, 0.05) is 17.5 Å². The maximum Gasteiger partial charge on any atom is 0.345 e. The van der Waals surface area contributed by atoms with Gasteiger partial charge in [0.1, 0.15) is 4.88 Å². The second-order valence-corrected chi connectivity index (χ2v) is 6.09. The van der Waals surface area contributed by atoms with E-state index in [1.54, 1.807) is 18.2 Å². The number of carboxylic acids is 1. The Morgan fingerprint density at radius 2 is 2.10 bits per heavy atom. The molecule has 0 bridgehead atoms. The molecule has 0 amide bonds. The van der Waals surface area contributed by atoms with Crippen molar-refractivity contribution in [2.75, 3.05) is 0 Å². The lowest BCUT2D eigenvalue weighted by atomic mass is 10.1. The number of nitrogens with zero attached hydrogens (tertiary/aromatic N) is 1. The van der Waals surface area contributed by atoms with Crippen LogP contribution >= 0.6 is 11.3 Å². The number of aryl methyl sites for hydroxylation is 1. The maximum atomic E-state index is 11.0. The summed E-state index contributed by atoms with van der Waals surface area (Å²) in [5.41, 5.74) is 2.75. The highest BCUT2D eigenvalue weighted by molar-refractivity contribution is 7.14. The average molecular weight is 300 g/mol. The van der Waals surface area contributed by atoms with E-state index in [2.05, 4.69) is 11.4 Å². The van der Waals surface area contributed by atoms with Crippen LogP contribution in [0.2, 0.25) is 0 Å². The Hall–Kier alpha value is -2.16. The molecule has 0 saturated carbocycles. The summed E-state index contributed by atoms with van der Waals surface area (Å²) in [4.78, 5) is 12.3. The van der Waals surface area contributed by atoms with Crippen molar-refractivity contribution in [3.8, 4) is 6.07 Å². The molecule has 2 aromatic rings. The van der Waals surface area contributed by atoms with Crippen LogP contribution in [0, 0.1) is 18.3 Å². The van der Waals surface area contributed by atoms with Crippen LogP contribution in [0.1, 0.15) is 44.2 Å². The standard InChI is InChI=1S/C16H16N2O2S/c1-10(13-5-3-12(8-17)4-6-13)18-9-14-7-15(16(19)20)21-11(14)2/h3-7,10,18H,9H2,1-2H3,(H,19,20). The molecule has 1 unspecified atom stereocenters. The lowest BCUT2D eigenvalue weighted by Gasteiger charge is -2.14. The Balaban J connectivity index is 2.02. The smallest absolute Gasteiger partial charge is 0.345 e. The van der Waals surface area contributed by atoms with Crippen LogP contribution in [-0.4, -0.2) is 11.1 Å². The van der Waals surface area contributed by atoms with Gasteiger partial charge in [-0.05, 0) is 43.2 Å². The number of aromatic carboxylic acids is 1. The third kappa shape index (κ3) is 3.69. The van der Waals surface area contributed by atoms with Gasteiger partial charge in [-0.15, -0.1) is 11.3 Å². The molecule has 0 aliphatic heterocycles. The zero-order valence-corrected chi connectivity index (χ0v) is 12.7. The van der Waals surface area contributed by atoms with Crippen molar-refractivity contribution in [3.63, 3.8) is 0 Å². The lowest BCUT2D eigenvalue weighted by Crippen LogP contribution is -2.18. The van der Waals surface area contributed by atoms with Crippen molar-refractivity contribution in [1.29, 1.82) is 5.26 Å². The molecule has 1 aromatic carbocycles. The minimum absolute atomic E-state index is 0.130. The minimum Gasteiger partial charge on any atom is -0.477 e. The van der Waals surface area contributed by atoms with Crippen LogP contribution in [-0.2, 0) is 6.54 Å². The summed E-state index contributed by atoms with van der Waals surface area (Å²) in [7, 11) is 0. The highest BCUT2D eigenvalue weighted by atomic mass is 32.1. The molecule has 0 aliphatic carbocycles. The van der Waals surface area contributed by atoms with E-state index in [-0.39, 0.29) is 6.04 Å². The van der Waals surface area contributed by atoms with Gasteiger partial charge in [-0.1, -0.05) is 12.1 Å². The van der Waals surface area contributed by atoms with Crippen LogP contribution in [0.3, 0.4) is 0 Å². The lowest BCUT2D eigenvalue weighted by molar-refractivity contribution is 0.0702. The molecule has 1 aromatic heterocycles. The van der Waals surface area contributed by atoms with E-state index in [4.69, 9.17) is 10.4 Å². The summed E-state index contributed by atoms with van der Waals surface area (Å²) in [6.45, 7) is 4.60. The van der Waals surface area contributed by atoms with Gasteiger partial charge in [0.2, 0.25) is 0 Å². The summed E-state index contributed by atoms with van der Waals surface area (Å²) in [6.07, 6.45) is 0. The summed E-state index contributed by atoms with van der Waals surface area (Å²) >= 11 is 1.30. The van der Waals surface area contributed by atoms with E-state index >= 15 is 0 Å². The van der Waals surface area contributed by atoms with Gasteiger partial charge >= 0.3 is 5.97 Å². The fourth-order valence-electron chi connectivity index (χ4n) is 2.03. The summed E-state index contributed by atoms with van der Waals surface area (Å²) in [5, 5.41) is 21.2. The molecule has 2 rings (SSSR count). The van der Waals surface area contributed by atoms with E-state index in [0.717, 1.165) is 16.0 Å². The first-order chi connectivity index (χ1) is 10.0. The van der Waals surface area contributed by atoms with Crippen molar-refractivity contribution >= 4 is 17.3 Å². The first-order valence-corrected chi connectivity index (χ1v) is 7.39. The van der Waals surface area contributed by atoms with Gasteiger partial charge in [0.15, 0.2) is 0 Å². The quantitative estimate of drug-likeness (QED) is 0.886. The number of benzene rings is 1. The molecule has 2 N–H and O–H groups in total. The summed E-state index contributed by atoms with van der Waals surface area (Å²) in [5.74, 6) is -0.880. The molecular formula is C16H16N2O2S. The van der Waals surface area contributed by atoms with Crippen molar-refractivity contribution in [1.82, 2.24) is 5.32 Å². The van der Waals surface area contributed by atoms with E-state index in [1.807, 2.05) is 26.0 Å². The Kier molecular flexibility index (Phi) is 4.73. The second-order valence-electron chi connectivity index (χ2n) is 4.83. The zero-order chi connectivity index (χ0) is 15.4. The topological polar surface area (TPSA) is 73.1 Å². The molecule has 0 fully saturated rings. The number of rotatable bonds is 5. The highest BCUT2D eigenvalue weighted by Gasteiger charge is 2.12. The number of hydrogen-bond acceptors (Lipinski definition) is 4. The average Bonchev–Trinajstić information content (AvgIpc) is 2.86. The molecule has 108 valence electrons. The van der Waals surface area contributed by atoms with E-state index in [0.29, 0.717) is 17.0 Å². The molecular weight excluding hydrogens is 284 g/mol. The Bertz CT molecular complexity index is 683. The maximum absolute atomic E-state index is 11.0. The number of carbonyl (C=O) groups is 1. The first-order valence-electron chi connectivity index (χ1n) is 6.57. The van der Waals surface area contributed by atoms with Crippen LogP contribution in [0.5, 0.6) is 0 Å². The van der Waals surface area contributed by atoms with Crippen molar-refractivity contribution in [2.24, 2.45) is 0 Å². The first kappa shape index (κ1) is 15.2. The molecule has 0 aliphatic rings. The monoisotopic (exact) mass is 300 g/mol. The number of carboxylic acid groups (broad SMARTS) is 1. The van der Waals surface area contributed by atoms with Crippen LogP contribution < -0.4 is 5.32 Å². The third-order valence-electron chi connectivity index (χ3n) is 3.37. The number of hydrogen-bond donors (Lipinski definition) is 2. The Morgan fingerprint density at radius 1 is 1.43 bits per heavy atom. The predicted molar refractivity (Wildman–Crippen MR) is 82.4 cm³/mol. The summed E-state index contributed by atoms with van der Waals surface area (Å²) < 4.78 is 0. The van der Waals surface area contributed by atoms with E-state index < -0.39 is 5.97 Å². The number of thiophene rings is 1. The molecule has 4 nitrogen and oxygen atoms in total. The molecule has 21 heavy (non-hydrogen) atoms. The second kappa shape index (κ2) is 6.53. The number of nitriles is 1. The van der Waals surface area contributed by atoms with Gasteiger partial charge in [-0.3, -0.25) is 0 Å². The van der Waals surface area contributed by atoms with Gasteiger partial charge in [-0.25, -0.2) is 4.79 Å². The fraction of sp³-hybridized carbons (Fsp3) is 0.250. The Morgan fingerprint density at radius 3 is 2.62 bits per heavy atom. The molecule has 5 heteroatoms. The predicted octanol–water partition coefficient (Wildman–Crippen LogP) is 3.48. The Labute approximate surface area is 127 Å². The van der Waals surface area contributed by atoms with Gasteiger partial charge < -0.3 is 10.4 Å². The van der Waals surface area contributed by atoms with Crippen LogP contribution in [0.25, 0.3) is 0 Å². The van der Waals surface area contributed by atoms with E-state index in [9.17, 15) is 4.79 Å². The minimum atomic E-state index is -0.880. The van der Waals surface area contributed by atoms with Crippen LogP contribution in [0.15, 0.2) is 30.3 Å². The van der Waals surface area contributed by atoms with Crippen molar-refractivity contribution < 1.29 is 9.90 Å². The molecule has 0 saturated heterocycles. The molecule has 0 radical (unpaired) electrons. The molecule has 1 atom stereocenters. The molecule has 1 heterocycles. The molecule has 0 spiro atoms. The zero-order valence-electron chi connectivity index (χ0n) is 11.9. The summed E-state index contributed by atoms with van der Waals surface area (Å²) in [6, 6.07) is 11.4. The van der Waals surface area contributed by atoms with Gasteiger partial charge in [-0.2, -0.15) is 5.26 Å². The van der Waals surface area contributed by atoms with Crippen molar-refractivity contribution in [2.45, 2.75) is 26.4 Å². The van der Waals surface area contributed by atoms with E-state index in [1.165, 1.54) is 11.3 Å². The van der Waals surface area contributed by atoms with Gasteiger partial charge in [0.05, 0.1) is 11.6 Å². The van der Waals surface area contributed by atoms with Crippen LogP contribution in [0.4, 0.5) is 0 Å². The van der Waals surface area contributed by atoms with Crippen molar-refractivity contribution in [3.05, 3.63) is 56.8 Å².